The van der Waals surface area contributed by atoms with E-state index < -0.39 is 0 Å². The van der Waals surface area contributed by atoms with E-state index in [0.717, 1.165) is 40.9 Å². The number of rotatable bonds is 2. The summed E-state index contributed by atoms with van der Waals surface area (Å²) in [7, 11) is 3.67. The lowest BCUT2D eigenvalue weighted by Crippen LogP contribution is -2.25. The van der Waals surface area contributed by atoms with Crippen LogP contribution in [0.5, 0.6) is 11.5 Å². The molecule has 1 aliphatic rings. The molecule has 0 amide bonds. The number of benzene rings is 1. The molecule has 0 atom stereocenters. The molecule has 4 heterocycles. The number of phenolic OH excluding ortho intramolecular Hbond substituents is 1. The van der Waals surface area contributed by atoms with Crippen molar-refractivity contribution in [2.45, 2.75) is 13.0 Å². The smallest absolute Gasteiger partial charge is 0.182 e. The largest absolute Gasteiger partial charge is 0.504 e. The molecule has 132 valence electrons. The van der Waals surface area contributed by atoms with Gasteiger partial charge in [-0.05, 0) is 37.2 Å². The summed E-state index contributed by atoms with van der Waals surface area (Å²) in [4.78, 5) is 14.1. The summed E-state index contributed by atoms with van der Waals surface area (Å²) >= 11 is 1.74. The first kappa shape index (κ1) is 15.5. The Morgan fingerprint density at radius 3 is 3.04 bits per heavy atom. The van der Waals surface area contributed by atoms with Crippen LogP contribution in [-0.2, 0) is 13.0 Å². The molecule has 0 bridgehead atoms. The van der Waals surface area contributed by atoms with Crippen molar-refractivity contribution in [1.29, 1.82) is 0 Å². The highest BCUT2D eigenvalue weighted by molar-refractivity contribution is 7.19. The molecule has 1 aromatic carbocycles. The first-order chi connectivity index (χ1) is 12.6. The second kappa shape index (κ2) is 5.65. The molecule has 4 aromatic rings. The van der Waals surface area contributed by atoms with Crippen LogP contribution < -0.4 is 4.74 Å². The van der Waals surface area contributed by atoms with E-state index in [2.05, 4.69) is 22.0 Å². The van der Waals surface area contributed by atoms with Crippen LogP contribution in [0.2, 0.25) is 0 Å². The molecule has 0 saturated carbocycles. The zero-order valence-electron chi connectivity index (χ0n) is 14.4. The first-order valence-corrected chi connectivity index (χ1v) is 9.17. The van der Waals surface area contributed by atoms with Crippen LogP contribution in [0.25, 0.3) is 27.3 Å². The van der Waals surface area contributed by atoms with Gasteiger partial charge in [0.2, 0.25) is 0 Å². The van der Waals surface area contributed by atoms with Crippen molar-refractivity contribution in [3.63, 3.8) is 0 Å². The Labute approximate surface area is 153 Å². The van der Waals surface area contributed by atoms with Gasteiger partial charge in [0, 0.05) is 23.5 Å². The van der Waals surface area contributed by atoms with Gasteiger partial charge in [-0.3, -0.25) is 0 Å². The predicted octanol–water partition coefficient (Wildman–Crippen LogP) is 2.71. The fourth-order valence-corrected chi connectivity index (χ4v) is 4.72. The van der Waals surface area contributed by atoms with E-state index in [9.17, 15) is 5.11 Å². The number of aromatic hydroxyl groups is 1. The number of nitrogens with zero attached hydrogens (tertiary/aromatic N) is 5. The number of fused-ring (bicyclic) bond motifs is 5. The maximum atomic E-state index is 9.81. The van der Waals surface area contributed by atoms with Crippen molar-refractivity contribution in [1.82, 2.24) is 24.5 Å². The Balaban J connectivity index is 1.71. The minimum absolute atomic E-state index is 0.0973. The standard InChI is InChI=1S/C18H17N5O2S/c1-22-6-5-11-14(8-22)26-18-15(11)17-20-16(21-23(17)9-19-18)10-3-4-12(24)13(7-10)25-2/h3-4,7,9,24H,5-6,8H2,1-2H3. The van der Waals surface area contributed by atoms with Gasteiger partial charge < -0.3 is 14.7 Å². The van der Waals surface area contributed by atoms with E-state index in [0.29, 0.717) is 11.6 Å². The minimum atomic E-state index is 0.0973. The van der Waals surface area contributed by atoms with Crippen LogP contribution in [0.1, 0.15) is 10.4 Å². The van der Waals surface area contributed by atoms with Gasteiger partial charge in [-0.15, -0.1) is 16.4 Å². The average Bonchev–Trinajstić information content (AvgIpc) is 3.22. The molecule has 0 radical (unpaired) electrons. The third-order valence-corrected chi connectivity index (χ3v) is 5.93. The van der Waals surface area contributed by atoms with Gasteiger partial charge in [-0.25, -0.2) is 14.5 Å². The van der Waals surface area contributed by atoms with Gasteiger partial charge in [0.05, 0.1) is 12.5 Å². The number of methoxy groups -OCH3 is 1. The molecule has 7 nitrogen and oxygen atoms in total. The zero-order valence-corrected chi connectivity index (χ0v) is 15.2. The Hall–Kier alpha value is -2.71. The predicted molar refractivity (Wildman–Crippen MR) is 99.9 cm³/mol. The zero-order chi connectivity index (χ0) is 17.8. The van der Waals surface area contributed by atoms with Gasteiger partial charge in [0.25, 0.3) is 0 Å². The molecule has 0 unspecified atom stereocenters. The van der Waals surface area contributed by atoms with Crippen molar-refractivity contribution in [3.8, 4) is 22.9 Å². The van der Waals surface area contributed by atoms with Crippen LogP contribution >= 0.6 is 11.3 Å². The van der Waals surface area contributed by atoms with Crippen molar-refractivity contribution >= 4 is 27.2 Å². The fraction of sp³-hybridized carbons (Fsp3) is 0.278. The number of hydrogen-bond donors (Lipinski definition) is 1. The molecule has 26 heavy (non-hydrogen) atoms. The highest BCUT2D eigenvalue weighted by Crippen LogP contribution is 2.36. The first-order valence-electron chi connectivity index (χ1n) is 8.35. The molecule has 0 spiro atoms. The van der Waals surface area contributed by atoms with Gasteiger partial charge in [0.15, 0.2) is 23.0 Å². The lowest BCUT2D eigenvalue weighted by Gasteiger charge is -2.21. The molecule has 1 N–H and O–H groups in total. The van der Waals surface area contributed by atoms with Gasteiger partial charge in [-0.2, -0.15) is 0 Å². The third-order valence-electron chi connectivity index (χ3n) is 4.81. The second-order valence-corrected chi connectivity index (χ2v) is 7.59. The van der Waals surface area contributed by atoms with Gasteiger partial charge in [0.1, 0.15) is 11.2 Å². The minimum Gasteiger partial charge on any atom is -0.504 e. The Morgan fingerprint density at radius 2 is 2.19 bits per heavy atom. The van der Waals surface area contributed by atoms with Crippen LogP contribution in [0, 0.1) is 0 Å². The SMILES string of the molecule is COc1cc(-c2nc3c4c5c(sc4ncn3n2)CN(C)CC5)ccc1O. The van der Waals surface area contributed by atoms with Crippen molar-refractivity contribution in [2.75, 3.05) is 20.7 Å². The Morgan fingerprint density at radius 1 is 1.31 bits per heavy atom. The summed E-state index contributed by atoms with van der Waals surface area (Å²) in [6.07, 6.45) is 2.72. The van der Waals surface area contributed by atoms with E-state index in [4.69, 9.17) is 9.72 Å². The highest BCUT2D eigenvalue weighted by Gasteiger charge is 2.23. The molecule has 3 aromatic heterocycles. The van der Waals surface area contributed by atoms with Gasteiger partial charge in [-0.1, -0.05) is 0 Å². The van der Waals surface area contributed by atoms with Crippen molar-refractivity contribution < 1.29 is 9.84 Å². The highest BCUT2D eigenvalue weighted by atomic mass is 32.1. The topological polar surface area (TPSA) is 75.8 Å². The summed E-state index contributed by atoms with van der Waals surface area (Å²) in [6, 6.07) is 5.12. The molecule has 5 rings (SSSR count). The van der Waals surface area contributed by atoms with E-state index >= 15 is 0 Å². The maximum absolute atomic E-state index is 9.81. The summed E-state index contributed by atoms with van der Waals surface area (Å²) < 4.78 is 6.93. The van der Waals surface area contributed by atoms with E-state index in [1.165, 1.54) is 17.6 Å². The molecule has 0 saturated heterocycles. The number of aromatic nitrogens is 4. The summed E-state index contributed by atoms with van der Waals surface area (Å²) in [5.74, 6) is 1.09. The molecule has 1 aliphatic heterocycles. The van der Waals surface area contributed by atoms with E-state index in [1.807, 2.05) is 0 Å². The molecule has 0 aliphatic carbocycles. The quantitative estimate of drug-likeness (QED) is 0.587. The number of ether oxygens (including phenoxy) is 1. The van der Waals surface area contributed by atoms with Crippen LogP contribution in [0.15, 0.2) is 24.5 Å². The van der Waals surface area contributed by atoms with Crippen molar-refractivity contribution in [3.05, 3.63) is 35.0 Å². The number of hydrogen-bond acceptors (Lipinski definition) is 7. The summed E-state index contributed by atoms with van der Waals surface area (Å²) in [5.41, 5.74) is 2.97. The normalized spacial score (nSPS) is 14.8. The number of thiophene rings is 1. The van der Waals surface area contributed by atoms with E-state index in [1.54, 1.807) is 40.4 Å². The molecular formula is C18H17N5O2S. The number of phenols is 1. The lowest BCUT2D eigenvalue weighted by atomic mass is 10.1. The van der Waals surface area contributed by atoms with E-state index in [-0.39, 0.29) is 5.75 Å². The Bertz CT molecular complexity index is 1150. The van der Waals surface area contributed by atoms with Crippen LogP contribution in [-0.4, -0.2) is 50.3 Å². The second-order valence-electron chi connectivity index (χ2n) is 6.51. The van der Waals surface area contributed by atoms with Gasteiger partial charge >= 0.3 is 0 Å². The lowest BCUT2D eigenvalue weighted by molar-refractivity contribution is 0.318. The van der Waals surface area contributed by atoms with Crippen LogP contribution in [0.4, 0.5) is 0 Å². The Kier molecular flexibility index (Phi) is 3.38. The monoisotopic (exact) mass is 367 g/mol. The molecular weight excluding hydrogens is 350 g/mol. The molecule has 8 heteroatoms. The fourth-order valence-electron chi connectivity index (χ4n) is 3.46. The summed E-state index contributed by atoms with van der Waals surface area (Å²) in [6.45, 7) is 1.99. The maximum Gasteiger partial charge on any atom is 0.182 e. The third kappa shape index (κ3) is 2.26. The summed E-state index contributed by atoms with van der Waals surface area (Å²) in [5, 5.41) is 15.5. The van der Waals surface area contributed by atoms with Crippen molar-refractivity contribution in [2.24, 2.45) is 0 Å². The number of likely N-dealkylation sites (N-methyl/N-ethyl adjacent to an activating group) is 1. The van der Waals surface area contributed by atoms with Crippen LogP contribution in [0.3, 0.4) is 0 Å². The average molecular weight is 367 g/mol. The molecule has 0 fully saturated rings.